The van der Waals surface area contributed by atoms with Gasteiger partial charge in [-0.15, -0.1) is 0 Å². The molecule has 1 aromatic rings. The summed E-state index contributed by atoms with van der Waals surface area (Å²) in [7, 11) is 3.66. The second-order valence-corrected chi connectivity index (χ2v) is 5.39. The Bertz CT molecular complexity index is 454. The standard InChI is InChI=1S/C15H21NO3/c1-16(11-15(8-9-15)14(17)18)10-7-12-5-3-4-6-13(12)19-2/h3-6H,7-11H2,1-2H3,(H,17,18). The molecular formula is C15H21NO3. The van der Waals surface area contributed by atoms with Crippen LogP contribution in [0.2, 0.25) is 0 Å². The fraction of sp³-hybridized carbons (Fsp3) is 0.533. The summed E-state index contributed by atoms with van der Waals surface area (Å²) in [6, 6.07) is 7.96. The SMILES string of the molecule is COc1ccccc1CCN(C)CC1(C(=O)O)CC1. The fourth-order valence-corrected chi connectivity index (χ4v) is 2.41. The maximum absolute atomic E-state index is 11.1. The van der Waals surface area contributed by atoms with Crippen LogP contribution in [0, 0.1) is 5.41 Å². The summed E-state index contributed by atoms with van der Waals surface area (Å²) < 4.78 is 5.32. The highest BCUT2D eigenvalue weighted by Crippen LogP contribution is 2.46. The van der Waals surface area contributed by atoms with E-state index >= 15 is 0 Å². The summed E-state index contributed by atoms with van der Waals surface area (Å²) in [5, 5.41) is 9.17. The summed E-state index contributed by atoms with van der Waals surface area (Å²) in [4.78, 5) is 13.3. The lowest BCUT2D eigenvalue weighted by Gasteiger charge is -2.21. The summed E-state index contributed by atoms with van der Waals surface area (Å²) in [6.45, 7) is 1.48. The van der Waals surface area contributed by atoms with Crippen molar-refractivity contribution in [3.8, 4) is 5.75 Å². The number of aliphatic carboxylic acids is 1. The maximum Gasteiger partial charge on any atom is 0.310 e. The van der Waals surface area contributed by atoms with Gasteiger partial charge in [-0.2, -0.15) is 0 Å². The normalized spacial score (nSPS) is 16.4. The third-order valence-electron chi connectivity index (χ3n) is 3.84. The predicted molar refractivity (Wildman–Crippen MR) is 73.5 cm³/mol. The molecule has 4 nitrogen and oxygen atoms in total. The van der Waals surface area contributed by atoms with Crippen LogP contribution < -0.4 is 4.74 Å². The van der Waals surface area contributed by atoms with Gasteiger partial charge < -0.3 is 14.7 Å². The first-order valence-corrected chi connectivity index (χ1v) is 6.61. The van der Waals surface area contributed by atoms with Gasteiger partial charge in [0.25, 0.3) is 0 Å². The van der Waals surface area contributed by atoms with E-state index in [0.29, 0.717) is 6.54 Å². The van der Waals surface area contributed by atoms with Crippen molar-refractivity contribution < 1.29 is 14.6 Å². The van der Waals surface area contributed by atoms with Crippen molar-refractivity contribution >= 4 is 5.97 Å². The fourth-order valence-electron chi connectivity index (χ4n) is 2.41. The van der Waals surface area contributed by atoms with E-state index in [-0.39, 0.29) is 0 Å². The highest BCUT2D eigenvalue weighted by atomic mass is 16.5. The van der Waals surface area contributed by atoms with Crippen LogP contribution in [0.1, 0.15) is 18.4 Å². The highest BCUT2D eigenvalue weighted by molar-refractivity contribution is 5.78. The molecule has 0 unspecified atom stereocenters. The number of methoxy groups -OCH3 is 1. The first-order chi connectivity index (χ1) is 9.07. The summed E-state index contributed by atoms with van der Waals surface area (Å²) in [6.07, 6.45) is 2.48. The Morgan fingerprint density at radius 1 is 1.42 bits per heavy atom. The van der Waals surface area contributed by atoms with Crippen LogP contribution in [-0.2, 0) is 11.2 Å². The molecule has 19 heavy (non-hydrogen) atoms. The molecule has 1 fully saturated rings. The van der Waals surface area contributed by atoms with Gasteiger partial charge in [0.1, 0.15) is 5.75 Å². The minimum atomic E-state index is -0.656. The molecule has 0 radical (unpaired) electrons. The zero-order valence-corrected chi connectivity index (χ0v) is 11.6. The van der Waals surface area contributed by atoms with Crippen LogP contribution in [0.3, 0.4) is 0 Å². The first-order valence-electron chi connectivity index (χ1n) is 6.61. The molecule has 1 aliphatic rings. The Kier molecular flexibility index (Phi) is 4.10. The molecule has 1 saturated carbocycles. The third kappa shape index (κ3) is 3.26. The molecule has 0 amide bonds. The molecule has 2 rings (SSSR count). The van der Waals surface area contributed by atoms with Gasteiger partial charge in [0.05, 0.1) is 12.5 Å². The van der Waals surface area contributed by atoms with E-state index in [1.807, 2.05) is 25.2 Å². The topological polar surface area (TPSA) is 49.8 Å². The van der Waals surface area contributed by atoms with Gasteiger partial charge in [-0.25, -0.2) is 0 Å². The number of likely N-dealkylation sites (N-methyl/N-ethyl adjacent to an activating group) is 1. The molecule has 104 valence electrons. The van der Waals surface area contributed by atoms with E-state index in [1.165, 1.54) is 0 Å². The van der Waals surface area contributed by atoms with E-state index in [1.54, 1.807) is 7.11 Å². The summed E-state index contributed by atoms with van der Waals surface area (Å²) >= 11 is 0. The quantitative estimate of drug-likeness (QED) is 0.818. The van der Waals surface area contributed by atoms with E-state index in [0.717, 1.165) is 37.1 Å². The van der Waals surface area contributed by atoms with E-state index in [9.17, 15) is 9.90 Å². The predicted octanol–water partition coefficient (Wildman–Crippen LogP) is 2.03. The second-order valence-electron chi connectivity index (χ2n) is 5.39. The average Bonchev–Trinajstić information content (AvgIpc) is 3.17. The molecule has 0 atom stereocenters. The van der Waals surface area contributed by atoms with Crippen LogP contribution >= 0.6 is 0 Å². The van der Waals surface area contributed by atoms with Crippen LogP contribution in [0.5, 0.6) is 5.75 Å². The van der Waals surface area contributed by atoms with Crippen LogP contribution in [0.15, 0.2) is 24.3 Å². The lowest BCUT2D eigenvalue weighted by molar-refractivity contribution is -0.144. The maximum atomic E-state index is 11.1. The number of ether oxygens (including phenoxy) is 1. The molecule has 0 heterocycles. The molecule has 1 aromatic carbocycles. The lowest BCUT2D eigenvalue weighted by Crippen LogP contribution is -2.33. The van der Waals surface area contributed by atoms with Gasteiger partial charge in [-0.3, -0.25) is 4.79 Å². The third-order valence-corrected chi connectivity index (χ3v) is 3.84. The monoisotopic (exact) mass is 263 g/mol. The Hall–Kier alpha value is -1.55. The van der Waals surface area contributed by atoms with E-state index in [2.05, 4.69) is 11.0 Å². The van der Waals surface area contributed by atoms with Crippen LogP contribution in [0.25, 0.3) is 0 Å². The van der Waals surface area contributed by atoms with E-state index < -0.39 is 11.4 Å². The minimum Gasteiger partial charge on any atom is -0.496 e. The number of hydrogen-bond acceptors (Lipinski definition) is 3. The number of benzene rings is 1. The Morgan fingerprint density at radius 2 is 2.11 bits per heavy atom. The first kappa shape index (κ1) is 13.9. The highest BCUT2D eigenvalue weighted by Gasteiger charge is 2.50. The van der Waals surface area contributed by atoms with Gasteiger partial charge >= 0.3 is 5.97 Å². The number of nitrogens with zero attached hydrogens (tertiary/aromatic N) is 1. The van der Waals surface area contributed by atoms with Crippen molar-refractivity contribution in [2.75, 3.05) is 27.2 Å². The van der Waals surface area contributed by atoms with Gasteiger partial charge in [-0.1, -0.05) is 18.2 Å². The lowest BCUT2D eigenvalue weighted by atomic mass is 10.1. The van der Waals surface area contributed by atoms with Gasteiger partial charge in [0.15, 0.2) is 0 Å². The molecule has 0 aliphatic heterocycles. The number of carbonyl (C=O) groups is 1. The number of carboxylic acid groups (broad SMARTS) is 1. The number of para-hydroxylation sites is 1. The van der Waals surface area contributed by atoms with Gasteiger partial charge in [0, 0.05) is 13.1 Å². The molecule has 0 aromatic heterocycles. The second kappa shape index (κ2) is 5.61. The van der Waals surface area contributed by atoms with Crippen molar-refractivity contribution in [1.29, 1.82) is 0 Å². The zero-order chi connectivity index (χ0) is 13.9. The molecule has 4 heteroatoms. The Labute approximate surface area is 114 Å². The Balaban J connectivity index is 1.87. The number of rotatable bonds is 7. The zero-order valence-electron chi connectivity index (χ0n) is 11.6. The number of carboxylic acids is 1. The molecule has 0 saturated heterocycles. The van der Waals surface area contributed by atoms with Crippen molar-refractivity contribution in [3.05, 3.63) is 29.8 Å². The smallest absolute Gasteiger partial charge is 0.310 e. The molecule has 0 bridgehead atoms. The van der Waals surface area contributed by atoms with Crippen molar-refractivity contribution in [2.24, 2.45) is 5.41 Å². The average molecular weight is 263 g/mol. The summed E-state index contributed by atoms with van der Waals surface area (Å²) in [5.41, 5.74) is 0.687. The molecule has 1 aliphatic carbocycles. The van der Waals surface area contributed by atoms with Crippen LogP contribution in [0.4, 0.5) is 0 Å². The van der Waals surface area contributed by atoms with Crippen molar-refractivity contribution in [3.63, 3.8) is 0 Å². The molecular weight excluding hydrogens is 242 g/mol. The van der Waals surface area contributed by atoms with Crippen molar-refractivity contribution in [2.45, 2.75) is 19.3 Å². The van der Waals surface area contributed by atoms with Gasteiger partial charge in [-0.05, 0) is 37.9 Å². The number of hydrogen-bond donors (Lipinski definition) is 1. The Morgan fingerprint density at radius 3 is 2.68 bits per heavy atom. The largest absolute Gasteiger partial charge is 0.496 e. The van der Waals surface area contributed by atoms with Crippen molar-refractivity contribution in [1.82, 2.24) is 4.90 Å². The minimum absolute atomic E-state index is 0.477. The summed E-state index contributed by atoms with van der Waals surface area (Å²) in [5.74, 6) is 0.243. The van der Waals surface area contributed by atoms with Gasteiger partial charge in [0.2, 0.25) is 0 Å². The van der Waals surface area contributed by atoms with Crippen LogP contribution in [-0.4, -0.2) is 43.2 Å². The molecule has 0 spiro atoms. The molecule has 1 N–H and O–H groups in total. The van der Waals surface area contributed by atoms with E-state index in [4.69, 9.17) is 4.74 Å².